The SMILES string of the molecule is CCC=O.C[SiH]1CCCCC1. The summed E-state index contributed by atoms with van der Waals surface area (Å²) >= 11 is 0. The van der Waals surface area contributed by atoms with Crippen LogP contribution >= 0.6 is 0 Å². The molecule has 1 aliphatic rings. The summed E-state index contributed by atoms with van der Waals surface area (Å²) in [4.78, 5) is 9.17. The zero-order valence-electron chi connectivity index (χ0n) is 7.81. The molecule has 66 valence electrons. The Kier molecular flexibility index (Phi) is 7.91. The number of hydrogen-bond acceptors (Lipinski definition) is 1. The smallest absolute Gasteiger partial charge is 0.119 e. The first-order chi connectivity index (χ1) is 5.31. The van der Waals surface area contributed by atoms with Crippen LogP contribution in [-0.4, -0.2) is 15.1 Å². The predicted octanol–water partition coefficient (Wildman–Crippen LogP) is 2.62. The molecule has 1 saturated heterocycles. The molecule has 0 aromatic rings. The largest absolute Gasteiger partial charge is 0.303 e. The van der Waals surface area contributed by atoms with Crippen molar-refractivity contribution in [2.75, 3.05) is 0 Å². The van der Waals surface area contributed by atoms with Crippen LogP contribution < -0.4 is 0 Å². The van der Waals surface area contributed by atoms with Gasteiger partial charge in [0.2, 0.25) is 0 Å². The van der Waals surface area contributed by atoms with Gasteiger partial charge in [-0.3, -0.25) is 0 Å². The van der Waals surface area contributed by atoms with Gasteiger partial charge in [-0.15, -0.1) is 0 Å². The first kappa shape index (κ1) is 10.9. The molecule has 1 rings (SSSR count). The molecular formula is C9H20OSi. The van der Waals surface area contributed by atoms with Crippen molar-refractivity contribution in [3.05, 3.63) is 0 Å². The zero-order chi connectivity index (χ0) is 8.53. The highest BCUT2D eigenvalue weighted by Gasteiger charge is 2.07. The molecule has 0 amide bonds. The van der Waals surface area contributed by atoms with Crippen molar-refractivity contribution >= 4 is 15.1 Å². The van der Waals surface area contributed by atoms with Gasteiger partial charge in [0.05, 0.1) is 0 Å². The van der Waals surface area contributed by atoms with Crippen LogP contribution in [0.15, 0.2) is 0 Å². The number of aldehydes is 1. The molecular weight excluding hydrogens is 152 g/mol. The summed E-state index contributed by atoms with van der Waals surface area (Å²) in [7, 11) is -0.0945. The quantitative estimate of drug-likeness (QED) is 0.439. The van der Waals surface area contributed by atoms with Crippen molar-refractivity contribution in [1.82, 2.24) is 0 Å². The van der Waals surface area contributed by atoms with E-state index in [0.717, 1.165) is 6.29 Å². The fourth-order valence-corrected chi connectivity index (χ4v) is 3.57. The Bertz CT molecular complexity index is 87.6. The van der Waals surface area contributed by atoms with Gasteiger partial charge < -0.3 is 4.79 Å². The maximum Gasteiger partial charge on any atom is 0.119 e. The fourth-order valence-electron chi connectivity index (χ4n) is 1.31. The molecule has 1 fully saturated rings. The second-order valence-electron chi connectivity index (χ2n) is 3.32. The standard InChI is InChI=1S/C6H14Si.C3H6O/c1-7-5-3-2-4-6-7;1-2-3-4/h7H,2-6H2,1H3;3H,2H2,1H3. The zero-order valence-corrected chi connectivity index (χ0v) is 8.96. The minimum Gasteiger partial charge on any atom is -0.303 e. The van der Waals surface area contributed by atoms with E-state index in [-0.39, 0.29) is 8.80 Å². The monoisotopic (exact) mass is 172 g/mol. The molecule has 1 heterocycles. The van der Waals surface area contributed by atoms with E-state index in [1.807, 2.05) is 6.92 Å². The van der Waals surface area contributed by atoms with E-state index in [1.54, 1.807) is 24.9 Å². The van der Waals surface area contributed by atoms with E-state index in [2.05, 4.69) is 6.55 Å². The molecule has 0 saturated carbocycles. The summed E-state index contributed by atoms with van der Waals surface area (Å²) in [5, 5.41) is 0. The lowest BCUT2D eigenvalue weighted by Crippen LogP contribution is -2.09. The maximum absolute atomic E-state index is 9.17. The third-order valence-electron chi connectivity index (χ3n) is 2.06. The molecule has 0 aliphatic carbocycles. The summed E-state index contributed by atoms with van der Waals surface area (Å²) < 4.78 is 0. The molecule has 0 bridgehead atoms. The third kappa shape index (κ3) is 7.79. The predicted molar refractivity (Wildman–Crippen MR) is 52.8 cm³/mol. The normalized spacial score (nSPS) is 18.4. The molecule has 1 aliphatic heterocycles. The van der Waals surface area contributed by atoms with Crippen molar-refractivity contribution in [2.45, 2.75) is 51.2 Å². The van der Waals surface area contributed by atoms with Crippen LogP contribution in [-0.2, 0) is 4.79 Å². The molecule has 0 aromatic heterocycles. The van der Waals surface area contributed by atoms with Crippen LogP contribution in [0.4, 0.5) is 0 Å². The van der Waals surface area contributed by atoms with E-state index in [1.165, 1.54) is 6.42 Å². The minimum atomic E-state index is -0.0945. The van der Waals surface area contributed by atoms with Crippen LogP contribution in [0.25, 0.3) is 0 Å². The first-order valence-electron chi connectivity index (χ1n) is 4.74. The highest BCUT2D eigenvalue weighted by atomic mass is 28.3. The number of rotatable bonds is 1. The van der Waals surface area contributed by atoms with Gasteiger partial charge in [-0.05, 0) is 0 Å². The number of hydrogen-bond donors (Lipinski definition) is 0. The average Bonchev–Trinajstić information content (AvgIpc) is 2.07. The van der Waals surface area contributed by atoms with Gasteiger partial charge in [0.1, 0.15) is 6.29 Å². The van der Waals surface area contributed by atoms with E-state index < -0.39 is 0 Å². The third-order valence-corrected chi connectivity index (χ3v) is 4.85. The van der Waals surface area contributed by atoms with Crippen molar-refractivity contribution in [2.24, 2.45) is 0 Å². The van der Waals surface area contributed by atoms with Gasteiger partial charge >= 0.3 is 0 Å². The van der Waals surface area contributed by atoms with E-state index in [9.17, 15) is 4.79 Å². The molecule has 0 spiro atoms. The molecule has 0 N–H and O–H groups in total. The van der Waals surface area contributed by atoms with Crippen LogP contribution in [0.1, 0.15) is 32.6 Å². The van der Waals surface area contributed by atoms with Crippen molar-refractivity contribution < 1.29 is 4.79 Å². The van der Waals surface area contributed by atoms with Crippen LogP contribution in [0.2, 0.25) is 18.6 Å². The number of carbonyl (C=O) groups is 1. The van der Waals surface area contributed by atoms with Crippen LogP contribution in [0.5, 0.6) is 0 Å². The molecule has 0 unspecified atom stereocenters. The van der Waals surface area contributed by atoms with Crippen molar-refractivity contribution in [3.8, 4) is 0 Å². The first-order valence-corrected chi connectivity index (χ1v) is 7.53. The maximum atomic E-state index is 9.17. The van der Waals surface area contributed by atoms with Gasteiger partial charge in [-0.2, -0.15) is 0 Å². The summed E-state index contributed by atoms with van der Waals surface area (Å²) in [6.07, 6.45) is 6.14. The van der Waals surface area contributed by atoms with Crippen molar-refractivity contribution in [1.29, 1.82) is 0 Å². The Morgan fingerprint density at radius 3 is 1.91 bits per heavy atom. The number of carbonyl (C=O) groups excluding carboxylic acids is 1. The Labute approximate surface area is 71.8 Å². The molecule has 11 heavy (non-hydrogen) atoms. The summed E-state index contributed by atoms with van der Waals surface area (Å²) in [5.41, 5.74) is 0. The van der Waals surface area contributed by atoms with Gasteiger partial charge in [0.15, 0.2) is 0 Å². The molecule has 0 atom stereocenters. The van der Waals surface area contributed by atoms with Gasteiger partial charge in [-0.25, -0.2) is 0 Å². The van der Waals surface area contributed by atoms with Gasteiger partial charge in [0.25, 0.3) is 0 Å². The Morgan fingerprint density at radius 2 is 1.73 bits per heavy atom. The Morgan fingerprint density at radius 1 is 1.27 bits per heavy atom. The second kappa shape index (κ2) is 7.99. The van der Waals surface area contributed by atoms with E-state index in [0.29, 0.717) is 6.42 Å². The molecule has 2 heteroatoms. The topological polar surface area (TPSA) is 17.1 Å². The highest BCUT2D eigenvalue weighted by molar-refractivity contribution is 6.57. The summed E-state index contributed by atoms with van der Waals surface area (Å²) in [5.74, 6) is 0. The lowest BCUT2D eigenvalue weighted by atomic mass is 10.3. The summed E-state index contributed by atoms with van der Waals surface area (Å²) in [6, 6.07) is 3.25. The van der Waals surface area contributed by atoms with Crippen molar-refractivity contribution in [3.63, 3.8) is 0 Å². The molecule has 0 radical (unpaired) electrons. The Balaban J connectivity index is 0.000000218. The lowest BCUT2D eigenvalue weighted by Gasteiger charge is -2.14. The highest BCUT2D eigenvalue weighted by Crippen LogP contribution is 2.17. The minimum absolute atomic E-state index is 0.0945. The van der Waals surface area contributed by atoms with E-state index in [4.69, 9.17) is 0 Å². The van der Waals surface area contributed by atoms with E-state index >= 15 is 0 Å². The van der Waals surface area contributed by atoms with Gasteiger partial charge in [-0.1, -0.05) is 44.8 Å². The summed E-state index contributed by atoms with van der Waals surface area (Å²) in [6.45, 7) is 4.31. The van der Waals surface area contributed by atoms with Crippen LogP contribution in [0.3, 0.4) is 0 Å². The average molecular weight is 172 g/mol. The fraction of sp³-hybridized carbons (Fsp3) is 0.889. The lowest BCUT2D eigenvalue weighted by molar-refractivity contribution is -0.107. The van der Waals surface area contributed by atoms with Crippen LogP contribution in [0, 0.1) is 0 Å². The second-order valence-corrected chi connectivity index (χ2v) is 6.68. The van der Waals surface area contributed by atoms with Gasteiger partial charge in [0, 0.05) is 15.2 Å². The molecule has 0 aromatic carbocycles. The molecule has 1 nitrogen and oxygen atoms in total. The Hall–Kier alpha value is -0.113.